The average Bonchev–Trinajstić information content (AvgIpc) is 3.61. The van der Waals surface area contributed by atoms with Gasteiger partial charge in [0.25, 0.3) is 0 Å². The van der Waals surface area contributed by atoms with Gasteiger partial charge in [-0.2, -0.15) is 0 Å². The molecule has 0 saturated carbocycles. The summed E-state index contributed by atoms with van der Waals surface area (Å²) in [5, 5.41) is 10.6. The molecule has 0 aromatic heterocycles. The van der Waals surface area contributed by atoms with E-state index in [1.54, 1.807) is 0 Å². The Morgan fingerprint density at radius 1 is 0.326 bits per heavy atom. The molecule has 0 aromatic carbocycles. The number of aliphatic hydroxyl groups excluding tert-OH is 1. The van der Waals surface area contributed by atoms with Crippen molar-refractivity contribution in [1.82, 2.24) is 0 Å². The van der Waals surface area contributed by atoms with Crippen LogP contribution >= 0.6 is 15.6 Å². The number of carbonyl (C=O) groups is 4. The number of phosphoric ester groups is 2. The molecule has 3 N–H and O–H groups in total. The molecular formula is C70H136O17P2. The molecule has 17 nitrogen and oxygen atoms in total. The van der Waals surface area contributed by atoms with Crippen LogP contribution in [0.4, 0.5) is 0 Å². The number of hydrogen-bond donors (Lipinski definition) is 3. The maximum atomic E-state index is 13.0. The third-order valence-electron chi connectivity index (χ3n) is 16.6. The van der Waals surface area contributed by atoms with Gasteiger partial charge in [0.15, 0.2) is 12.2 Å². The second kappa shape index (κ2) is 62.2. The lowest BCUT2D eigenvalue weighted by Crippen LogP contribution is -2.30. The van der Waals surface area contributed by atoms with Crippen molar-refractivity contribution >= 4 is 39.5 Å². The third-order valence-corrected chi connectivity index (χ3v) is 18.5. The molecule has 0 saturated heterocycles. The first kappa shape index (κ1) is 87.1. The van der Waals surface area contributed by atoms with Crippen LogP contribution in [0.3, 0.4) is 0 Å². The summed E-state index contributed by atoms with van der Waals surface area (Å²) >= 11 is 0. The normalized spacial score (nSPS) is 14.4. The van der Waals surface area contributed by atoms with E-state index < -0.39 is 97.5 Å². The summed E-state index contributed by atoms with van der Waals surface area (Å²) in [6, 6.07) is 0. The number of hydrogen-bond acceptors (Lipinski definition) is 15. The number of esters is 4. The summed E-state index contributed by atoms with van der Waals surface area (Å²) in [5.74, 6) is -0.615. The Labute approximate surface area is 543 Å². The minimum Gasteiger partial charge on any atom is -0.462 e. The third kappa shape index (κ3) is 63.2. The zero-order valence-corrected chi connectivity index (χ0v) is 59.5. The van der Waals surface area contributed by atoms with Crippen molar-refractivity contribution in [2.75, 3.05) is 39.6 Å². The van der Waals surface area contributed by atoms with Gasteiger partial charge in [-0.3, -0.25) is 37.3 Å². The number of unbranched alkanes of at least 4 members (excludes halogenated alkanes) is 38. The van der Waals surface area contributed by atoms with Gasteiger partial charge in [-0.25, -0.2) is 9.13 Å². The van der Waals surface area contributed by atoms with Gasteiger partial charge in [0.1, 0.15) is 19.3 Å². The van der Waals surface area contributed by atoms with Gasteiger partial charge in [-0.1, -0.05) is 305 Å². The highest BCUT2D eigenvalue weighted by atomic mass is 31.2. The summed E-state index contributed by atoms with van der Waals surface area (Å²) < 4.78 is 68.2. The highest BCUT2D eigenvalue weighted by molar-refractivity contribution is 7.47. The lowest BCUT2D eigenvalue weighted by molar-refractivity contribution is -0.161. The maximum Gasteiger partial charge on any atom is 0.472 e. The van der Waals surface area contributed by atoms with E-state index in [0.717, 1.165) is 102 Å². The van der Waals surface area contributed by atoms with Gasteiger partial charge in [-0.15, -0.1) is 0 Å². The van der Waals surface area contributed by atoms with Gasteiger partial charge in [-0.05, 0) is 37.5 Å². The smallest absolute Gasteiger partial charge is 0.462 e. The van der Waals surface area contributed by atoms with E-state index in [0.29, 0.717) is 31.6 Å². The van der Waals surface area contributed by atoms with Crippen molar-refractivity contribution in [2.24, 2.45) is 11.8 Å². The van der Waals surface area contributed by atoms with Crippen molar-refractivity contribution in [3.8, 4) is 0 Å². The number of aliphatic hydroxyl groups is 1. The molecule has 3 unspecified atom stereocenters. The first-order chi connectivity index (χ1) is 42.9. The Bertz CT molecular complexity index is 1740. The van der Waals surface area contributed by atoms with E-state index in [4.69, 9.17) is 37.0 Å². The Hall–Kier alpha value is -1.94. The molecule has 0 spiro atoms. The Morgan fingerprint density at radius 2 is 0.573 bits per heavy atom. The van der Waals surface area contributed by atoms with E-state index >= 15 is 0 Å². The lowest BCUT2D eigenvalue weighted by Gasteiger charge is -2.21. The summed E-state index contributed by atoms with van der Waals surface area (Å²) in [5.41, 5.74) is 0. The SMILES string of the molecule is CCCCCCCCCCCCCCCCC(=O)OC[C@H](COP(=O)(O)OC[C@@H](O)COP(=O)(O)OC[C@@H](COC(=O)CCCCCCCCCC)OC(=O)CCCCCCCCC(C)C)OC(=O)CCCCCCCCCCCCCCCCC(C)CC. The van der Waals surface area contributed by atoms with E-state index in [1.165, 1.54) is 167 Å². The van der Waals surface area contributed by atoms with Crippen LogP contribution in [0, 0.1) is 11.8 Å². The lowest BCUT2D eigenvalue weighted by atomic mass is 9.99. The van der Waals surface area contributed by atoms with Crippen molar-refractivity contribution in [3.05, 3.63) is 0 Å². The zero-order valence-electron chi connectivity index (χ0n) is 57.7. The number of rotatable bonds is 69. The van der Waals surface area contributed by atoms with Gasteiger partial charge in [0, 0.05) is 25.7 Å². The zero-order chi connectivity index (χ0) is 65.7. The quantitative estimate of drug-likeness (QED) is 0.0222. The molecule has 0 aliphatic rings. The number of carbonyl (C=O) groups excluding carboxylic acids is 4. The molecule has 528 valence electrons. The Kier molecular flexibility index (Phi) is 60.8. The first-order valence-electron chi connectivity index (χ1n) is 36.5. The first-order valence-corrected chi connectivity index (χ1v) is 39.5. The van der Waals surface area contributed by atoms with Crippen LogP contribution in [0.5, 0.6) is 0 Å². The summed E-state index contributed by atoms with van der Waals surface area (Å²) in [6.07, 6.45) is 47.4. The molecule has 89 heavy (non-hydrogen) atoms. The van der Waals surface area contributed by atoms with E-state index in [2.05, 4.69) is 41.5 Å². The summed E-state index contributed by atoms with van der Waals surface area (Å²) in [4.78, 5) is 72.4. The van der Waals surface area contributed by atoms with Crippen LogP contribution in [-0.4, -0.2) is 96.7 Å². The molecule has 0 bridgehead atoms. The molecule has 0 aliphatic carbocycles. The summed E-state index contributed by atoms with van der Waals surface area (Å²) in [7, 11) is -9.89. The van der Waals surface area contributed by atoms with Crippen LogP contribution < -0.4 is 0 Å². The predicted molar refractivity (Wildman–Crippen MR) is 358 cm³/mol. The molecule has 19 heteroatoms. The molecule has 0 amide bonds. The minimum absolute atomic E-state index is 0.102. The van der Waals surface area contributed by atoms with E-state index in [9.17, 15) is 43.2 Å². The van der Waals surface area contributed by atoms with E-state index in [1.807, 2.05) is 0 Å². The second-order valence-corrected chi connectivity index (χ2v) is 28.9. The molecular weight excluding hydrogens is 1170 g/mol. The maximum absolute atomic E-state index is 13.0. The predicted octanol–water partition coefficient (Wildman–Crippen LogP) is 20.0. The van der Waals surface area contributed by atoms with E-state index in [-0.39, 0.29) is 25.7 Å². The van der Waals surface area contributed by atoms with Gasteiger partial charge in [0.05, 0.1) is 26.4 Å². The summed E-state index contributed by atoms with van der Waals surface area (Å²) in [6.45, 7) is 9.48. The highest BCUT2D eigenvalue weighted by Gasteiger charge is 2.30. The monoisotopic (exact) mass is 1310 g/mol. The molecule has 6 atom stereocenters. The average molecular weight is 1310 g/mol. The van der Waals surface area contributed by atoms with Crippen molar-refractivity contribution in [3.63, 3.8) is 0 Å². The van der Waals surface area contributed by atoms with Crippen LogP contribution in [0.2, 0.25) is 0 Å². The Balaban J connectivity index is 5.20. The van der Waals surface area contributed by atoms with Crippen LogP contribution in [0.15, 0.2) is 0 Å². The van der Waals surface area contributed by atoms with Crippen LogP contribution in [0.25, 0.3) is 0 Å². The standard InChI is InChI=1S/C70H136O17P2/c1-7-10-12-14-16-18-19-20-24-27-30-34-41-47-53-68(73)81-58-65(86-69(74)54-48-42-35-31-28-25-22-21-23-26-29-32-39-45-51-63(6)9-3)60-84-88(76,77)82-56-64(71)57-83-89(78,79)85-61-66(59-80-67(72)52-46-40-33-17-15-13-11-8-2)87-70(75)55-49-43-37-36-38-44-50-62(4)5/h62-66,71H,7-61H2,1-6H3,(H,76,77)(H,78,79)/t63?,64-,65-,66-/m1/s1. The molecule has 0 radical (unpaired) electrons. The molecule has 0 aliphatic heterocycles. The van der Waals surface area contributed by atoms with Gasteiger partial charge in [0.2, 0.25) is 0 Å². The van der Waals surface area contributed by atoms with Gasteiger partial charge >= 0.3 is 39.5 Å². The van der Waals surface area contributed by atoms with Crippen molar-refractivity contribution in [2.45, 2.75) is 374 Å². The molecule has 0 heterocycles. The van der Waals surface area contributed by atoms with Crippen molar-refractivity contribution in [1.29, 1.82) is 0 Å². The fourth-order valence-corrected chi connectivity index (χ4v) is 12.1. The highest BCUT2D eigenvalue weighted by Crippen LogP contribution is 2.45. The number of phosphoric acid groups is 2. The molecule has 0 rings (SSSR count). The topological polar surface area (TPSA) is 237 Å². The fraction of sp³-hybridized carbons (Fsp3) is 0.943. The van der Waals surface area contributed by atoms with Crippen LogP contribution in [0.1, 0.15) is 356 Å². The minimum atomic E-state index is -4.95. The number of ether oxygens (including phenoxy) is 4. The second-order valence-electron chi connectivity index (χ2n) is 26.0. The van der Waals surface area contributed by atoms with Crippen molar-refractivity contribution < 1.29 is 80.2 Å². The fourth-order valence-electron chi connectivity index (χ4n) is 10.6. The van der Waals surface area contributed by atoms with Gasteiger partial charge < -0.3 is 33.8 Å². The Morgan fingerprint density at radius 3 is 0.854 bits per heavy atom. The van der Waals surface area contributed by atoms with Crippen LogP contribution in [-0.2, 0) is 65.4 Å². The largest absolute Gasteiger partial charge is 0.472 e. The molecule has 0 fully saturated rings. The molecule has 0 aromatic rings.